The third-order valence-corrected chi connectivity index (χ3v) is 8.13. The molecule has 1 unspecified atom stereocenters. The Morgan fingerprint density at radius 3 is 3.11 bits per heavy atom. The Balaban J connectivity index is 1.20. The Hall–Kier alpha value is -1.56. The van der Waals surface area contributed by atoms with Gasteiger partial charge in [-0.3, -0.25) is 4.68 Å². The number of rotatable bonds is 4. The number of nitrogens with zero attached hydrogens (tertiary/aromatic N) is 3. The van der Waals surface area contributed by atoms with Gasteiger partial charge in [0.15, 0.2) is 0 Å². The third kappa shape index (κ3) is 2.71. The van der Waals surface area contributed by atoms with E-state index in [-0.39, 0.29) is 12.1 Å². The minimum Gasteiger partial charge on any atom is -0.372 e. The van der Waals surface area contributed by atoms with E-state index in [4.69, 9.17) is 4.74 Å². The van der Waals surface area contributed by atoms with Crippen molar-refractivity contribution >= 4 is 6.03 Å². The molecule has 4 fully saturated rings. The highest BCUT2D eigenvalue weighted by Crippen LogP contribution is 2.62. The summed E-state index contributed by atoms with van der Waals surface area (Å²) >= 11 is 0. The largest absolute Gasteiger partial charge is 0.372 e. The number of hydrogen-bond acceptors (Lipinski definition) is 3. The van der Waals surface area contributed by atoms with Crippen molar-refractivity contribution in [3.05, 3.63) is 18.0 Å². The standard InChI is InChI=1S/C21H32N4O2/c1-3-25-18(6-8-23-25)19-15(7-9-27-19)11-22-20(26)24-12-17-14-4-5-16(10-14)21(17,2)13-24/h6,8,14-17,19H,3-5,7,9-13H2,1-2H3,(H,22,26)/t14-,15+,16+,17?,19-,21-/m1/s1. The number of nitrogens with one attached hydrogen (secondary N) is 1. The number of amides is 2. The zero-order valence-electron chi connectivity index (χ0n) is 16.6. The first kappa shape index (κ1) is 17.5. The Bertz CT molecular complexity index is 719. The van der Waals surface area contributed by atoms with Gasteiger partial charge in [-0.05, 0) is 61.8 Å². The minimum atomic E-state index is 0.0408. The lowest BCUT2D eigenvalue weighted by Gasteiger charge is -2.34. The summed E-state index contributed by atoms with van der Waals surface area (Å²) in [5.74, 6) is 2.75. The molecule has 148 valence electrons. The zero-order valence-corrected chi connectivity index (χ0v) is 16.6. The smallest absolute Gasteiger partial charge is 0.317 e. The van der Waals surface area contributed by atoms with Crippen LogP contribution in [0.5, 0.6) is 0 Å². The molecular weight excluding hydrogens is 340 g/mol. The molecule has 6 nitrogen and oxygen atoms in total. The van der Waals surface area contributed by atoms with Gasteiger partial charge >= 0.3 is 6.03 Å². The first-order valence-corrected chi connectivity index (χ1v) is 10.8. The number of ether oxygens (including phenoxy) is 1. The first-order chi connectivity index (χ1) is 13.1. The van der Waals surface area contributed by atoms with Gasteiger partial charge in [0.25, 0.3) is 0 Å². The Labute approximate surface area is 161 Å². The maximum atomic E-state index is 12.9. The van der Waals surface area contributed by atoms with Crippen molar-refractivity contribution in [2.24, 2.45) is 29.1 Å². The van der Waals surface area contributed by atoms with E-state index in [2.05, 4.69) is 29.2 Å². The van der Waals surface area contributed by atoms with Crippen molar-refractivity contribution in [3.63, 3.8) is 0 Å². The molecule has 5 rings (SSSR count). The lowest BCUT2D eigenvalue weighted by Crippen LogP contribution is -2.42. The molecule has 4 aliphatic rings. The SMILES string of the molecule is CCn1nccc1[C@@H]1OCC[C@H]1CNC(=O)N1CC2[C@@H]3CC[C@@H](C3)[C@@]2(C)C1. The summed E-state index contributed by atoms with van der Waals surface area (Å²) in [5, 5.41) is 7.60. The van der Waals surface area contributed by atoms with E-state index in [0.29, 0.717) is 17.9 Å². The molecule has 0 spiro atoms. The van der Waals surface area contributed by atoms with E-state index in [1.165, 1.54) is 19.3 Å². The number of urea groups is 1. The number of hydrogen-bond donors (Lipinski definition) is 1. The van der Waals surface area contributed by atoms with Gasteiger partial charge in [0.2, 0.25) is 0 Å². The topological polar surface area (TPSA) is 59.4 Å². The normalized spacial score (nSPS) is 39.9. The van der Waals surface area contributed by atoms with Gasteiger partial charge in [-0.1, -0.05) is 6.92 Å². The summed E-state index contributed by atoms with van der Waals surface area (Å²) in [6.45, 7) is 8.71. The molecule has 3 heterocycles. The van der Waals surface area contributed by atoms with E-state index < -0.39 is 0 Å². The van der Waals surface area contributed by atoms with Gasteiger partial charge in [0.05, 0.1) is 5.69 Å². The number of aryl methyl sites for hydroxylation is 1. The molecule has 1 N–H and O–H groups in total. The lowest BCUT2D eigenvalue weighted by atomic mass is 9.70. The predicted octanol–water partition coefficient (Wildman–Crippen LogP) is 3.06. The Morgan fingerprint density at radius 1 is 1.41 bits per heavy atom. The van der Waals surface area contributed by atoms with Crippen LogP contribution in [-0.2, 0) is 11.3 Å². The van der Waals surface area contributed by atoms with Crippen molar-refractivity contribution in [2.45, 2.75) is 52.2 Å². The maximum Gasteiger partial charge on any atom is 0.317 e. The van der Waals surface area contributed by atoms with Gasteiger partial charge in [-0.2, -0.15) is 5.10 Å². The molecule has 2 amide bonds. The van der Waals surface area contributed by atoms with Crippen molar-refractivity contribution in [3.8, 4) is 0 Å². The van der Waals surface area contributed by atoms with E-state index >= 15 is 0 Å². The molecule has 0 radical (unpaired) electrons. The number of fused-ring (bicyclic) bond motifs is 5. The molecule has 1 aromatic rings. The molecule has 2 saturated carbocycles. The molecular formula is C21H32N4O2. The van der Waals surface area contributed by atoms with Gasteiger partial charge in [0.1, 0.15) is 6.10 Å². The van der Waals surface area contributed by atoms with Crippen LogP contribution < -0.4 is 5.32 Å². The van der Waals surface area contributed by atoms with Gasteiger partial charge in [-0.15, -0.1) is 0 Å². The summed E-state index contributed by atoms with van der Waals surface area (Å²) in [4.78, 5) is 15.0. The van der Waals surface area contributed by atoms with Crippen molar-refractivity contribution in [2.75, 3.05) is 26.2 Å². The van der Waals surface area contributed by atoms with E-state index in [0.717, 1.165) is 56.1 Å². The molecule has 2 bridgehead atoms. The van der Waals surface area contributed by atoms with Gasteiger partial charge in [-0.25, -0.2) is 4.79 Å². The lowest BCUT2D eigenvalue weighted by molar-refractivity contribution is 0.0831. The highest BCUT2D eigenvalue weighted by atomic mass is 16.5. The highest BCUT2D eigenvalue weighted by molar-refractivity contribution is 5.74. The summed E-state index contributed by atoms with van der Waals surface area (Å²) < 4.78 is 8.00. The minimum absolute atomic E-state index is 0.0408. The van der Waals surface area contributed by atoms with Gasteiger partial charge < -0.3 is 15.0 Å². The fourth-order valence-corrected chi connectivity index (χ4v) is 6.64. The van der Waals surface area contributed by atoms with Gasteiger partial charge in [0, 0.05) is 44.9 Å². The number of carbonyl (C=O) groups is 1. The third-order valence-electron chi connectivity index (χ3n) is 8.13. The van der Waals surface area contributed by atoms with E-state index in [1.807, 2.05) is 16.9 Å². The molecule has 2 aliphatic carbocycles. The highest BCUT2D eigenvalue weighted by Gasteiger charge is 2.59. The summed E-state index contributed by atoms with van der Waals surface area (Å²) in [5.41, 5.74) is 1.50. The van der Waals surface area contributed by atoms with Crippen LogP contribution in [0.25, 0.3) is 0 Å². The molecule has 0 aromatic carbocycles. The van der Waals surface area contributed by atoms with Crippen LogP contribution in [0.15, 0.2) is 12.3 Å². The molecule has 2 aliphatic heterocycles. The molecule has 27 heavy (non-hydrogen) atoms. The van der Waals surface area contributed by atoms with Crippen molar-refractivity contribution in [1.82, 2.24) is 20.0 Å². The average Bonchev–Trinajstić information content (AvgIpc) is 3.45. The van der Waals surface area contributed by atoms with Crippen molar-refractivity contribution in [1.29, 1.82) is 0 Å². The summed E-state index contributed by atoms with van der Waals surface area (Å²) in [6.07, 6.45) is 7.03. The number of likely N-dealkylation sites (tertiary alicyclic amines) is 1. The van der Waals surface area contributed by atoms with Crippen LogP contribution in [0, 0.1) is 29.1 Å². The van der Waals surface area contributed by atoms with Crippen LogP contribution in [0.1, 0.15) is 51.3 Å². The molecule has 6 atom stereocenters. The fraction of sp³-hybridized carbons (Fsp3) is 0.810. The second-order valence-corrected chi connectivity index (χ2v) is 9.36. The zero-order chi connectivity index (χ0) is 18.6. The van der Waals surface area contributed by atoms with E-state index in [9.17, 15) is 4.79 Å². The monoisotopic (exact) mass is 372 g/mol. The van der Waals surface area contributed by atoms with Crippen LogP contribution in [0.3, 0.4) is 0 Å². The Kier molecular flexibility index (Phi) is 4.22. The second-order valence-electron chi connectivity index (χ2n) is 9.36. The fourth-order valence-electron chi connectivity index (χ4n) is 6.64. The number of carbonyl (C=O) groups excluding carboxylic acids is 1. The van der Waals surface area contributed by atoms with Crippen LogP contribution >= 0.6 is 0 Å². The Morgan fingerprint density at radius 2 is 2.30 bits per heavy atom. The quantitative estimate of drug-likeness (QED) is 0.884. The molecule has 2 saturated heterocycles. The molecule has 6 heteroatoms. The molecule has 1 aromatic heterocycles. The predicted molar refractivity (Wildman–Crippen MR) is 102 cm³/mol. The second kappa shape index (κ2) is 6.50. The maximum absolute atomic E-state index is 12.9. The summed E-state index contributed by atoms with van der Waals surface area (Å²) in [6, 6.07) is 2.17. The summed E-state index contributed by atoms with van der Waals surface area (Å²) in [7, 11) is 0. The van der Waals surface area contributed by atoms with Crippen LogP contribution in [-0.4, -0.2) is 47.0 Å². The van der Waals surface area contributed by atoms with Crippen LogP contribution in [0.2, 0.25) is 0 Å². The van der Waals surface area contributed by atoms with Crippen molar-refractivity contribution < 1.29 is 9.53 Å². The number of aromatic nitrogens is 2. The average molecular weight is 373 g/mol. The van der Waals surface area contributed by atoms with E-state index in [1.54, 1.807) is 0 Å². The van der Waals surface area contributed by atoms with Crippen LogP contribution in [0.4, 0.5) is 4.79 Å². The first-order valence-electron chi connectivity index (χ1n) is 10.8.